The van der Waals surface area contributed by atoms with Gasteiger partial charge >= 0.3 is 0 Å². The molecule has 0 aromatic rings. The lowest BCUT2D eigenvalue weighted by molar-refractivity contribution is 0.713. The topological polar surface area (TPSA) is 12.0 Å². The van der Waals surface area contributed by atoms with Crippen LogP contribution < -0.4 is 5.32 Å². The average molecular weight is 153 g/mol. The molecule has 64 valence electrons. The van der Waals surface area contributed by atoms with Crippen LogP contribution in [0.15, 0.2) is 11.1 Å². The second kappa shape index (κ2) is 3.91. The van der Waals surface area contributed by atoms with E-state index < -0.39 is 0 Å². The van der Waals surface area contributed by atoms with Gasteiger partial charge in [-0.1, -0.05) is 31.9 Å². The highest BCUT2D eigenvalue weighted by atomic mass is 14.9. The number of nitrogens with one attached hydrogen (secondary N) is 1. The van der Waals surface area contributed by atoms with Crippen molar-refractivity contribution in [3.63, 3.8) is 0 Å². The van der Waals surface area contributed by atoms with Crippen LogP contribution in [0.1, 0.15) is 33.6 Å². The van der Waals surface area contributed by atoms with Gasteiger partial charge in [0.25, 0.3) is 0 Å². The smallest absolute Gasteiger partial charge is 0.0168 e. The van der Waals surface area contributed by atoms with Crippen molar-refractivity contribution in [1.29, 1.82) is 0 Å². The molecule has 0 aromatic heterocycles. The van der Waals surface area contributed by atoms with Crippen molar-refractivity contribution < 1.29 is 0 Å². The van der Waals surface area contributed by atoms with Crippen LogP contribution in [0.25, 0.3) is 0 Å². The molecule has 0 spiro atoms. The first-order chi connectivity index (χ1) is 5.25. The largest absolute Gasteiger partial charge is 0.313 e. The van der Waals surface area contributed by atoms with E-state index in [0.29, 0.717) is 0 Å². The maximum absolute atomic E-state index is 3.38. The molecule has 0 aromatic carbocycles. The Morgan fingerprint density at radius 1 is 1.55 bits per heavy atom. The van der Waals surface area contributed by atoms with Crippen LogP contribution in [-0.4, -0.2) is 13.1 Å². The van der Waals surface area contributed by atoms with E-state index >= 15 is 0 Å². The molecule has 1 heteroatoms. The molecule has 0 bridgehead atoms. The summed E-state index contributed by atoms with van der Waals surface area (Å²) in [6.45, 7) is 9.18. The maximum atomic E-state index is 3.38. The molecule has 0 unspecified atom stereocenters. The Morgan fingerprint density at radius 3 is 2.64 bits per heavy atom. The molecule has 1 nitrogen and oxygen atoms in total. The van der Waals surface area contributed by atoms with E-state index in [1.807, 2.05) is 0 Å². The van der Waals surface area contributed by atoms with Crippen molar-refractivity contribution >= 4 is 0 Å². The molecule has 11 heavy (non-hydrogen) atoms. The Hall–Kier alpha value is -0.300. The fourth-order valence-electron chi connectivity index (χ4n) is 1.91. The Bertz CT molecular complexity index is 148. The third kappa shape index (κ3) is 2.06. The third-order valence-corrected chi connectivity index (χ3v) is 2.47. The van der Waals surface area contributed by atoms with Crippen molar-refractivity contribution in [2.75, 3.05) is 13.1 Å². The van der Waals surface area contributed by atoms with Crippen molar-refractivity contribution in [2.45, 2.75) is 33.6 Å². The van der Waals surface area contributed by atoms with Crippen molar-refractivity contribution in [3.8, 4) is 0 Å². The first-order valence-electron chi connectivity index (χ1n) is 4.67. The molecule has 0 saturated carbocycles. The zero-order valence-electron chi connectivity index (χ0n) is 7.91. The van der Waals surface area contributed by atoms with Gasteiger partial charge in [-0.3, -0.25) is 0 Å². The Morgan fingerprint density at radius 2 is 2.27 bits per heavy atom. The Kier molecular flexibility index (Phi) is 3.13. The summed E-state index contributed by atoms with van der Waals surface area (Å²) >= 11 is 0. The first kappa shape index (κ1) is 8.79. The summed E-state index contributed by atoms with van der Waals surface area (Å²) in [6.07, 6.45) is 2.51. The normalized spacial score (nSPS) is 22.9. The van der Waals surface area contributed by atoms with Crippen molar-refractivity contribution in [2.24, 2.45) is 5.92 Å². The van der Waals surface area contributed by atoms with Crippen LogP contribution in [0.3, 0.4) is 0 Å². The molecule has 1 fully saturated rings. The summed E-state index contributed by atoms with van der Waals surface area (Å²) in [5.74, 6) is 0.745. The fourth-order valence-corrected chi connectivity index (χ4v) is 1.91. The van der Waals surface area contributed by atoms with Gasteiger partial charge in [-0.25, -0.2) is 0 Å². The number of hydrogen-bond donors (Lipinski definition) is 1. The highest BCUT2D eigenvalue weighted by molar-refractivity contribution is 5.20. The maximum Gasteiger partial charge on any atom is 0.0168 e. The zero-order chi connectivity index (χ0) is 8.27. The van der Waals surface area contributed by atoms with Gasteiger partial charge in [0.1, 0.15) is 0 Å². The van der Waals surface area contributed by atoms with Gasteiger partial charge in [0.2, 0.25) is 0 Å². The molecule has 0 atom stereocenters. The Labute approximate surface area is 69.9 Å². The predicted octanol–water partition coefficient (Wildman–Crippen LogP) is 2.34. The highest BCUT2D eigenvalue weighted by Gasteiger charge is 2.12. The van der Waals surface area contributed by atoms with Crippen LogP contribution in [0.4, 0.5) is 0 Å². The zero-order valence-corrected chi connectivity index (χ0v) is 7.91. The molecule has 1 saturated heterocycles. The van der Waals surface area contributed by atoms with Crippen LogP contribution in [0, 0.1) is 5.92 Å². The van der Waals surface area contributed by atoms with E-state index in [-0.39, 0.29) is 0 Å². The monoisotopic (exact) mass is 153 g/mol. The minimum Gasteiger partial charge on any atom is -0.313 e. The number of hydrogen-bond acceptors (Lipinski definition) is 1. The van der Waals surface area contributed by atoms with Crippen LogP contribution in [-0.2, 0) is 0 Å². The average Bonchev–Trinajstić information content (AvgIpc) is 2.40. The van der Waals surface area contributed by atoms with Gasteiger partial charge in [-0.15, -0.1) is 0 Å². The van der Waals surface area contributed by atoms with Gasteiger partial charge in [0, 0.05) is 6.54 Å². The fraction of sp³-hybridized carbons (Fsp3) is 0.800. The summed E-state index contributed by atoms with van der Waals surface area (Å²) in [4.78, 5) is 0. The second-order valence-electron chi connectivity index (χ2n) is 3.56. The summed E-state index contributed by atoms with van der Waals surface area (Å²) in [6, 6.07) is 0. The first-order valence-corrected chi connectivity index (χ1v) is 4.67. The van der Waals surface area contributed by atoms with Gasteiger partial charge in [0.15, 0.2) is 0 Å². The lowest BCUT2D eigenvalue weighted by Crippen LogP contribution is -2.06. The minimum absolute atomic E-state index is 0.745. The van der Waals surface area contributed by atoms with Gasteiger partial charge in [0.05, 0.1) is 0 Å². The van der Waals surface area contributed by atoms with Crippen molar-refractivity contribution in [3.05, 3.63) is 11.1 Å². The summed E-state index contributed by atoms with van der Waals surface area (Å²) < 4.78 is 0. The van der Waals surface area contributed by atoms with E-state index in [1.165, 1.54) is 19.4 Å². The molecule has 0 radical (unpaired) electrons. The number of allylic oxidation sites excluding steroid dienone is 1. The van der Waals surface area contributed by atoms with E-state index in [4.69, 9.17) is 0 Å². The van der Waals surface area contributed by atoms with E-state index in [2.05, 4.69) is 26.1 Å². The number of rotatable bonds is 2. The molecule has 0 amide bonds. The molecule has 1 rings (SSSR count). The summed E-state index contributed by atoms with van der Waals surface area (Å²) in [7, 11) is 0. The molecule has 1 aliphatic rings. The van der Waals surface area contributed by atoms with Gasteiger partial charge < -0.3 is 5.32 Å². The lowest BCUT2D eigenvalue weighted by Gasteiger charge is -2.12. The summed E-state index contributed by atoms with van der Waals surface area (Å²) in [5, 5.41) is 3.38. The SMILES string of the molecule is CC/C(=C1\CCNC1)C(C)C. The van der Waals surface area contributed by atoms with Crippen LogP contribution in [0.2, 0.25) is 0 Å². The molecule has 1 N–H and O–H groups in total. The lowest BCUT2D eigenvalue weighted by atomic mass is 9.94. The molecular formula is C10H19N. The minimum atomic E-state index is 0.745. The molecule has 1 aliphatic heterocycles. The highest BCUT2D eigenvalue weighted by Crippen LogP contribution is 2.22. The molecular weight excluding hydrogens is 134 g/mol. The standard InChI is InChI=1S/C10H19N/c1-4-10(8(2)3)9-5-6-11-7-9/h8,11H,4-7H2,1-3H3/b10-9-. The van der Waals surface area contributed by atoms with Gasteiger partial charge in [-0.05, 0) is 25.3 Å². The van der Waals surface area contributed by atoms with Gasteiger partial charge in [-0.2, -0.15) is 0 Å². The van der Waals surface area contributed by atoms with E-state index in [9.17, 15) is 0 Å². The third-order valence-electron chi connectivity index (χ3n) is 2.47. The predicted molar refractivity (Wildman–Crippen MR) is 49.6 cm³/mol. The van der Waals surface area contributed by atoms with Crippen LogP contribution >= 0.6 is 0 Å². The molecule has 1 heterocycles. The van der Waals surface area contributed by atoms with Crippen molar-refractivity contribution in [1.82, 2.24) is 5.32 Å². The summed E-state index contributed by atoms with van der Waals surface area (Å²) in [5.41, 5.74) is 3.34. The Balaban J connectivity index is 2.70. The van der Waals surface area contributed by atoms with Crippen LogP contribution in [0.5, 0.6) is 0 Å². The second-order valence-corrected chi connectivity index (χ2v) is 3.56. The molecule has 0 aliphatic carbocycles. The van der Waals surface area contributed by atoms with E-state index in [1.54, 1.807) is 11.1 Å². The van der Waals surface area contributed by atoms with E-state index in [0.717, 1.165) is 12.5 Å². The quantitative estimate of drug-likeness (QED) is 0.600.